The van der Waals surface area contributed by atoms with Gasteiger partial charge in [-0.1, -0.05) is 6.55 Å². The van der Waals surface area contributed by atoms with Gasteiger partial charge in [-0.3, -0.25) is 0 Å². The minimum Gasteiger partial charge on any atom is -0.427 e. The standard InChI is InChI=1S/C3H12OSi2/c1-4-6-3-5-2/h3,5-6H2,1-2H3. The van der Waals surface area contributed by atoms with E-state index in [-0.39, 0.29) is 9.76 Å². The van der Waals surface area contributed by atoms with Gasteiger partial charge < -0.3 is 4.43 Å². The minimum absolute atomic E-state index is 0.0166. The second kappa shape index (κ2) is 5.39. The van der Waals surface area contributed by atoms with Gasteiger partial charge in [0.1, 0.15) is 0 Å². The third-order valence-electron chi connectivity index (χ3n) is 0.702. The van der Waals surface area contributed by atoms with Crippen LogP contribution in [0.25, 0.3) is 0 Å². The van der Waals surface area contributed by atoms with E-state index in [0.717, 1.165) is 0 Å². The maximum absolute atomic E-state index is 4.96. The van der Waals surface area contributed by atoms with E-state index in [1.807, 2.05) is 7.11 Å². The molecule has 0 unspecified atom stereocenters. The van der Waals surface area contributed by atoms with E-state index in [2.05, 4.69) is 6.55 Å². The van der Waals surface area contributed by atoms with Gasteiger partial charge in [0.05, 0.1) is 0 Å². The van der Waals surface area contributed by atoms with E-state index in [1.165, 1.54) is 5.67 Å². The Kier molecular flexibility index (Phi) is 5.75. The summed E-state index contributed by atoms with van der Waals surface area (Å²) in [6, 6.07) is 0. The second-order valence-corrected chi connectivity index (χ2v) is 6.16. The quantitative estimate of drug-likeness (QED) is 0.354. The molecule has 0 saturated heterocycles. The summed E-state index contributed by atoms with van der Waals surface area (Å²) in [5.41, 5.74) is 1.47. The molecule has 0 aliphatic heterocycles. The van der Waals surface area contributed by atoms with Crippen LogP contribution in [0.5, 0.6) is 0 Å². The fourth-order valence-corrected chi connectivity index (χ4v) is 2.60. The molecule has 0 atom stereocenters. The maximum atomic E-state index is 4.96. The lowest BCUT2D eigenvalue weighted by Crippen LogP contribution is -1.95. The highest BCUT2D eigenvalue weighted by Crippen LogP contribution is 1.71. The molecule has 0 bridgehead atoms. The Labute approximate surface area is 43.9 Å². The molecule has 6 heavy (non-hydrogen) atoms. The predicted molar refractivity (Wildman–Crippen MR) is 34.8 cm³/mol. The number of hydrogen-bond donors (Lipinski definition) is 0. The zero-order valence-electron chi connectivity index (χ0n) is 4.53. The molecule has 0 aromatic rings. The normalized spacial score (nSPS) is 13.0. The lowest BCUT2D eigenvalue weighted by Gasteiger charge is -1.87. The first-order valence-corrected chi connectivity index (χ1v) is 6.40. The highest BCUT2D eigenvalue weighted by atomic mass is 28.3. The molecule has 0 amide bonds. The van der Waals surface area contributed by atoms with Crippen LogP contribution in [-0.4, -0.2) is 26.4 Å². The van der Waals surface area contributed by atoms with E-state index in [0.29, 0.717) is 9.52 Å². The minimum atomic E-state index is -0.0166. The number of rotatable bonds is 3. The highest BCUT2D eigenvalue weighted by Gasteiger charge is 1.78. The largest absolute Gasteiger partial charge is 0.427 e. The Morgan fingerprint density at radius 3 is 2.50 bits per heavy atom. The van der Waals surface area contributed by atoms with Gasteiger partial charge in [-0.2, -0.15) is 0 Å². The van der Waals surface area contributed by atoms with E-state index < -0.39 is 0 Å². The zero-order valence-corrected chi connectivity index (χ0v) is 7.36. The molecule has 0 aromatic carbocycles. The summed E-state index contributed by atoms with van der Waals surface area (Å²) >= 11 is 0. The third kappa shape index (κ3) is 4.39. The molecule has 0 rings (SSSR count). The van der Waals surface area contributed by atoms with Crippen molar-refractivity contribution in [2.45, 2.75) is 12.2 Å². The molecule has 3 heteroatoms. The first kappa shape index (κ1) is 6.39. The zero-order chi connectivity index (χ0) is 4.83. The SMILES string of the molecule is CO[SiH2]C[SiH2]C. The van der Waals surface area contributed by atoms with Crippen molar-refractivity contribution < 1.29 is 4.43 Å². The highest BCUT2D eigenvalue weighted by molar-refractivity contribution is 6.51. The van der Waals surface area contributed by atoms with E-state index >= 15 is 0 Å². The molecule has 0 N–H and O–H groups in total. The summed E-state index contributed by atoms with van der Waals surface area (Å²) < 4.78 is 4.96. The van der Waals surface area contributed by atoms with Crippen LogP contribution in [0.15, 0.2) is 0 Å². The molecule has 38 valence electrons. The lowest BCUT2D eigenvalue weighted by molar-refractivity contribution is 0.445. The summed E-state index contributed by atoms with van der Waals surface area (Å²) in [5.74, 6) is 0. The number of hydrogen-bond acceptors (Lipinski definition) is 1. The van der Waals surface area contributed by atoms with Crippen LogP contribution in [0.3, 0.4) is 0 Å². The van der Waals surface area contributed by atoms with Gasteiger partial charge in [0.15, 0.2) is 9.76 Å². The molecule has 0 aromatic heterocycles. The monoisotopic (exact) mass is 120 g/mol. The van der Waals surface area contributed by atoms with E-state index in [1.54, 1.807) is 0 Å². The molecule has 0 fully saturated rings. The van der Waals surface area contributed by atoms with Crippen LogP contribution in [0.1, 0.15) is 0 Å². The van der Waals surface area contributed by atoms with Gasteiger partial charge in [0.2, 0.25) is 0 Å². The van der Waals surface area contributed by atoms with Crippen molar-refractivity contribution in [3.8, 4) is 0 Å². The Morgan fingerprint density at radius 1 is 1.67 bits per heavy atom. The summed E-state index contributed by atoms with van der Waals surface area (Å²) in [4.78, 5) is 0. The van der Waals surface area contributed by atoms with Gasteiger partial charge in [0, 0.05) is 16.6 Å². The smallest absolute Gasteiger partial charge is 0.157 e. The third-order valence-corrected chi connectivity index (χ3v) is 5.09. The van der Waals surface area contributed by atoms with Crippen molar-refractivity contribution in [3.63, 3.8) is 0 Å². The molecular weight excluding hydrogens is 108 g/mol. The predicted octanol–water partition coefficient (Wildman–Crippen LogP) is -0.691. The molecule has 0 saturated carbocycles. The van der Waals surface area contributed by atoms with Crippen molar-refractivity contribution in [2.75, 3.05) is 7.11 Å². The molecule has 0 aliphatic rings. The topological polar surface area (TPSA) is 9.23 Å². The molecule has 1 nitrogen and oxygen atoms in total. The van der Waals surface area contributed by atoms with Crippen LogP contribution >= 0.6 is 0 Å². The molecular formula is C3H12OSi2. The fourth-order valence-electron chi connectivity index (χ4n) is 0.289. The summed E-state index contributed by atoms with van der Waals surface area (Å²) in [7, 11) is 2.14. The summed E-state index contributed by atoms with van der Waals surface area (Å²) in [6.07, 6.45) is 0. The fraction of sp³-hybridized carbons (Fsp3) is 1.00. The van der Waals surface area contributed by atoms with Gasteiger partial charge in [-0.05, 0) is 5.67 Å². The van der Waals surface area contributed by atoms with Crippen molar-refractivity contribution in [2.24, 2.45) is 0 Å². The van der Waals surface area contributed by atoms with E-state index in [9.17, 15) is 0 Å². The van der Waals surface area contributed by atoms with Crippen molar-refractivity contribution in [1.29, 1.82) is 0 Å². The molecule has 0 spiro atoms. The van der Waals surface area contributed by atoms with Crippen LogP contribution in [-0.2, 0) is 4.43 Å². The van der Waals surface area contributed by atoms with Crippen molar-refractivity contribution in [3.05, 3.63) is 0 Å². The Hall–Kier alpha value is 0.394. The van der Waals surface area contributed by atoms with Crippen molar-refractivity contribution in [1.82, 2.24) is 0 Å². The average Bonchev–Trinajstić information content (AvgIpc) is 1.61. The van der Waals surface area contributed by atoms with Crippen molar-refractivity contribution >= 4 is 19.3 Å². The summed E-state index contributed by atoms with van der Waals surface area (Å²) in [5, 5.41) is 0. The van der Waals surface area contributed by atoms with Gasteiger partial charge in [-0.25, -0.2) is 0 Å². The average molecular weight is 120 g/mol. The Bertz CT molecular complexity index is 20.8. The first-order chi connectivity index (χ1) is 2.91. The lowest BCUT2D eigenvalue weighted by atomic mass is 11.8. The maximum Gasteiger partial charge on any atom is 0.157 e. The van der Waals surface area contributed by atoms with Crippen LogP contribution in [0.2, 0.25) is 12.2 Å². The molecule has 0 heterocycles. The van der Waals surface area contributed by atoms with Crippen LogP contribution in [0.4, 0.5) is 0 Å². The van der Waals surface area contributed by atoms with Gasteiger partial charge >= 0.3 is 0 Å². The first-order valence-electron chi connectivity index (χ1n) is 2.40. The van der Waals surface area contributed by atoms with Gasteiger partial charge in [-0.15, -0.1) is 0 Å². The Morgan fingerprint density at radius 2 is 2.33 bits per heavy atom. The van der Waals surface area contributed by atoms with Gasteiger partial charge in [0.25, 0.3) is 0 Å². The van der Waals surface area contributed by atoms with Crippen LogP contribution in [0, 0.1) is 0 Å². The second-order valence-electron chi connectivity index (χ2n) is 1.35. The van der Waals surface area contributed by atoms with E-state index in [4.69, 9.17) is 4.43 Å². The Balaban J connectivity index is 2.34. The molecule has 0 radical (unpaired) electrons. The molecule has 0 aliphatic carbocycles. The summed E-state index contributed by atoms with van der Waals surface area (Å²) in [6.45, 7) is 2.33. The van der Waals surface area contributed by atoms with Crippen LogP contribution < -0.4 is 0 Å².